The molecule has 0 bridgehead atoms. The fraction of sp³-hybridized carbons (Fsp3) is 0.385. The number of benzene rings is 2. The molecule has 1 saturated carbocycles. The van der Waals surface area contributed by atoms with E-state index in [2.05, 4.69) is 10.1 Å². The smallest absolute Gasteiger partial charge is 0.262 e. The summed E-state index contributed by atoms with van der Waals surface area (Å²) in [5, 5.41) is 5.38. The Kier molecular flexibility index (Phi) is 5.93. The Balaban J connectivity index is 1.35. The van der Waals surface area contributed by atoms with Gasteiger partial charge in [0.2, 0.25) is 18.5 Å². The van der Waals surface area contributed by atoms with Crippen LogP contribution in [0.3, 0.4) is 0 Å². The first kappa shape index (κ1) is 22.2. The predicted molar refractivity (Wildman–Crippen MR) is 133 cm³/mol. The fourth-order valence-electron chi connectivity index (χ4n) is 4.85. The molecule has 8 nitrogen and oxygen atoms in total. The first-order valence-corrected chi connectivity index (χ1v) is 13.0. The molecule has 4 aromatic rings. The molecule has 1 fully saturated rings. The van der Waals surface area contributed by atoms with Gasteiger partial charge in [-0.3, -0.25) is 9.36 Å². The number of ether oxygens (including phenoxy) is 2. The van der Waals surface area contributed by atoms with E-state index in [9.17, 15) is 4.79 Å². The summed E-state index contributed by atoms with van der Waals surface area (Å²) in [5.41, 5.74) is 2.63. The van der Waals surface area contributed by atoms with E-state index in [1.54, 1.807) is 12.1 Å². The molecule has 0 N–H and O–H groups in total. The highest BCUT2D eigenvalue weighted by Crippen LogP contribution is 2.37. The summed E-state index contributed by atoms with van der Waals surface area (Å²) >= 11 is 1.46. The predicted octanol–water partition coefficient (Wildman–Crippen LogP) is 5.67. The normalized spacial score (nSPS) is 16.0. The van der Waals surface area contributed by atoms with Gasteiger partial charge in [0.1, 0.15) is 0 Å². The van der Waals surface area contributed by atoms with Crippen LogP contribution in [0.2, 0.25) is 0 Å². The van der Waals surface area contributed by atoms with E-state index in [1.807, 2.05) is 35.8 Å². The molecule has 0 spiro atoms. The highest BCUT2D eigenvalue weighted by atomic mass is 32.2. The Labute approximate surface area is 206 Å². The lowest BCUT2D eigenvalue weighted by molar-refractivity contribution is 0.174. The topological polar surface area (TPSA) is 92.3 Å². The summed E-state index contributed by atoms with van der Waals surface area (Å²) in [7, 11) is 0. The fourth-order valence-corrected chi connectivity index (χ4v) is 5.75. The van der Waals surface area contributed by atoms with E-state index in [4.69, 9.17) is 19.0 Å². The molecule has 1 aliphatic heterocycles. The van der Waals surface area contributed by atoms with Gasteiger partial charge in [0.15, 0.2) is 16.7 Å². The van der Waals surface area contributed by atoms with E-state index in [1.165, 1.54) is 24.6 Å². The van der Waals surface area contributed by atoms with Crippen LogP contribution in [0.25, 0.3) is 22.3 Å². The minimum absolute atomic E-state index is 0.0336. The minimum atomic E-state index is -0.0336. The molecule has 2 aliphatic rings. The van der Waals surface area contributed by atoms with Crippen molar-refractivity contribution in [3.63, 3.8) is 0 Å². The molecule has 0 amide bonds. The standard InChI is InChI=1S/C26H26N4O4S/c1-16-7-6-8-17(11-16)24-28-23(34-29-24)14-35-26-27-20-13-22-21(32-15-33-22)12-19(20)25(31)30(26)18-9-4-2-3-5-10-18/h6-8,11-13,18H,2-5,9-10,14-15H2,1H3. The first-order valence-electron chi connectivity index (χ1n) is 12.0. The van der Waals surface area contributed by atoms with Gasteiger partial charge >= 0.3 is 0 Å². The van der Waals surface area contributed by atoms with Crippen molar-refractivity contribution in [2.45, 2.75) is 62.4 Å². The molecular formula is C26H26N4O4S. The zero-order valence-corrected chi connectivity index (χ0v) is 20.3. The number of thioether (sulfide) groups is 1. The Morgan fingerprint density at radius 3 is 2.63 bits per heavy atom. The largest absolute Gasteiger partial charge is 0.454 e. The van der Waals surface area contributed by atoms with Gasteiger partial charge in [-0.1, -0.05) is 66.4 Å². The van der Waals surface area contributed by atoms with E-state index in [0.29, 0.717) is 45.0 Å². The second-order valence-corrected chi connectivity index (χ2v) is 10.0. The molecule has 6 rings (SSSR count). The van der Waals surface area contributed by atoms with Crippen LogP contribution in [-0.4, -0.2) is 26.5 Å². The number of hydrogen-bond donors (Lipinski definition) is 0. The molecule has 2 aromatic carbocycles. The van der Waals surface area contributed by atoms with Crippen LogP contribution in [0.5, 0.6) is 11.5 Å². The van der Waals surface area contributed by atoms with Gasteiger partial charge in [0.05, 0.1) is 16.7 Å². The highest BCUT2D eigenvalue weighted by Gasteiger charge is 2.24. The maximum Gasteiger partial charge on any atom is 0.262 e. The SMILES string of the molecule is Cc1cccc(-c2noc(CSc3nc4cc5c(cc4c(=O)n3C3CCCCCC3)OCO5)n2)c1. The second-order valence-electron chi connectivity index (χ2n) is 9.11. The van der Waals surface area contributed by atoms with Crippen molar-refractivity contribution in [2.24, 2.45) is 0 Å². The van der Waals surface area contributed by atoms with Crippen LogP contribution in [-0.2, 0) is 5.75 Å². The summed E-state index contributed by atoms with van der Waals surface area (Å²) in [6.45, 7) is 2.19. The lowest BCUT2D eigenvalue weighted by atomic mass is 10.1. The number of rotatable bonds is 5. The first-order chi connectivity index (χ1) is 17.2. The van der Waals surface area contributed by atoms with Crippen LogP contribution in [0.1, 0.15) is 56.0 Å². The molecular weight excluding hydrogens is 464 g/mol. The van der Waals surface area contributed by atoms with Crippen LogP contribution >= 0.6 is 11.8 Å². The van der Waals surface area contributed by atoms with Crippen molar-refractivity contribution in [3.8, 4) is 22.9 Å². The second kappa shape index (κ2) is 9.37. The van der Waals surface area contributed by atoms with Crippen molar-refractivity contribution in [2.75, 3.05) is 6.79 Å². The molecule has 9 heteroatoms. The zero-order chi connectivity index (χ0) is 23.8. The summed E-state index contributed by atoms with van der Waals surface area (Å²) in [4.78, 5) is 23.2. The highest BCUT2D eigenvalue weighted by molar-refractivity contribution is 7.98. The Morgan fingerprint density at radius 1 is 1.03 bits per heavy atom. The lowest BCUT2D eigenvalue weighted by Gasteiger charge is -2.21. The van der Waals surface area contributed by atoms with E-state index >= 15 is 0 Å². The lowest BCUT2D eigenvalue weighted by Crippen LogP contribution is -2.27. The molecule has 180 valence electrons. The summed E-state index contributed by atoms with van der Waals surface area (Å²) in [6.07, 6.45) is 6.59. The maximum atomic E-state index is 13.8. The molecule has 3 heterocycles. The number of hydrogen-bond acceptors (Lipinski definition) is 8. The van der Waals surface area contributed by atoms with Crippen LogP contribution < -0.4 is 15.0 Å². The van der Waals surface area contributed by atoms with Gasteiger partial charge in [-0.2, -0.15) is 4.98 Å². The van der Waals surface area contributed by atoms with Gasteiger partial charge in [0.25, 0.3) is 5.56 Å². The average molecular weight is 491 g/mol. The number of nitrogens with zero attached hydrogens (tertiary/aromatic N) is 4. The van der Waals surface area contributed by atoms with Gasteiger partial charge in [0, 0.05) is 17.7 Å². The third-order valence-electron chi connectivity index (χ3n) is 6.62. The van der Waals surface area contributed by atoms with Crippen molar-refractivity contribution < 1.29 is 14.0 Å². The Morgan fingerprint density at radius 2 is 1.83 bits per heavy atom. The summed E-state index contributed by atoms with van der Waals surface area (Å²) < 4.78 is 18.5. The number of fused-ring (bicyclic) bond motifs is 2. The molecule has 0 atom stereocenters. The van der Waals surface area contributed by atoms with Crippen molar-refractivity contribution in [1.29, 1.82) is 0 Å². The molecule has 1 aliphatic carbocycles. The number of aryl methyl sites for hydroxylation is 1. The van der Waals surface area contributed by atoms with Gasteiger partial charge < -0.3 is 14.0 Å². The van der Waals surface area contributed by atoms with E-state index in [0.717, 1.165) is 36.8 Å². The molecule has 0 radical (unpaired) electrons. The molecule has 0 saturated heterocycles. The minimum Gasteiger partial charge on any atom is -0.454 e. The zero-order valence-electron chi connectivity index (χ0n) is 19.5. The Bertz CT molecular complexity index is 1440. The summed E-state index contributed by atoms with van der Waals surface area (Å²) in [6, 6.07) is 11.7. The average Bonchev–Trinajstić information content (AvgIpc) is 3.44. The Hall–Kier alpha value is -3.33. The van der Waals surface area contributed by atoms with E-state index in [-0.39, 0.29) is 18.4 Å². The van der Waals surface area contributed by atoms with Gasteiger partial charge in [-0.15, -0.1) is 0 Å². The van der Waals surface area contributed by atoms with Gasteiger partial charge in [-0.25, -0.2) is 4.98 Å². The summed E-state index contributed by atoms with van der Waals surface area (Å²) in [5.74, 6) is 2.70. The van der Waals surface area contributed by atoms with Crippen LogP contribution in [0.15, 0.2) is 50.9 Å². The van der Waals surface area contributed by atoms with Gasteiger partial charge in [-0.05, 0) is 31.9 Å². The van der Waals surface area contributed by atoms with Crippen LogP contribution in [0.4, 0.5) is 0 Å². The van der Waals surface area contributed by atoms with Crippen molar-refractivity contribution in [1.82, 2.24) is 19.7 Å². The van der Waals surface area contributed by atoms with Crippen molar-refractivity contribution >= 4 is 22.7 Å². The molecule has 0 unspecified atom stereocenters. The third kappa shape index (κ3) is 4.40. The third-order valence-corrected chi connectivity index (χ3v) is 7.56. The number of aromatic nitrogens is 4. The quantitative estimate of drug-likeness (QED) is 0.201. The molecule has 35 heavy (non-hydrogen) atoms. The monoisotopic (exact) mass is 490 g/mol. The maximum absolute atomic E-state index is 13.8. The van der Waals surface area contributed by atoms with Crippen LogP contribution in [0, 0.1) is 6.92 Å². The van der Waals surface area contributed by atoms with E-state index < -0.39 is 0 Å². The molecule has 2 aromatic heterocycles. The van der Waals surface area contributed by atoms with Crippen molar-refractivity contribution in [3.05, 3.63) is 58.2 Å².